The van der Waals surface area contributed by atoms with Crippen molar-refractivity contribution in [2.24, 2.45) is 28.3 Å². The summed E-state index contributed by atoms with van der Waals surface area (Å²) < 4.78 is 10.3. The Morgan fingerprint density at radius 3 is 2.36 bits per heavy atom. The van der Waals surface area contributed by atoms with E-state index in [4.69, 9.17) is 9.47 Å². The molecule has 6 heteroatoms. The molecule has 4 bridgehead atoms. The van der Waals surface area contributed by atoms with Crippen LogP contribution in [0.25, 0.3) is 0 Å². The molecule has 0 saturated heterocycles. The van der Waals surface area contributed by atoms with Crippen molar-refractivity contribution in [1.82, 2.24) is 5.43 Å². The molecule has 5 rings (SSSR count). The van der Waals surface area contributed by atoms with Gasteiger partial charge in [0.05, 0.1) is 13.3 Å². The molecule has 4 aliphatic carbocycles. The van der Waals surface area contributed by atoms with Crippen LogP contribution in [-0.4, -0.2) is 25.2 Å². The minimum atomic E-state index is -0.406. The first-order valence-electron chi connectivity index (χ1n) is 10.1. The number of hydrogen-bond donors (Lipinski definition) is 1. The van der Waals surface area contributed by atoms with Crippen LogP contribution >= 0.6 is 0 Å². The summed E-state index contributed by atoms with van der Waals surface area (Å²) in [7, 11) is 1.51. The summed E-state index contributed by atoms with van der Waals surface area (Å²) in [6, 6.07) is 5.13. The standard InChI is InChI=1S/C22H28N2O4/c1-14(25)28-19-4-3-15(8-20(19)27-2)13-23-24-21(26)12-22-9-16-5-17(10-22)7-18(6-16)11-22/h3-4,8,13,16-18H,5-7,9-12H2,1-2H3,(H,24,26)/b23-13-. The minimum Gasteiger partial charge on any atom is -0.493 e. The van der Waals surface area contributed by atoms with Gasteiger partial charge in [0.15, 0.2) is 11.5 Å². The monoisotopic (exact) mass is 384 g/mol. The van der Waals surface area contributed by atoms with Crippen molar-refractivity contribution < 1.29 is 19.1 Å². The molecule has 4 saturated carbocycles. The fourth-order valence-electron chi connectivity index (χ4n) is 6.07. The molecule has 0 heterocycles. The normalized spacial score (nSPS) is 30.4. The minimum absolute atomic E-state index is 0.00157. The van der Waals surface area contributed by atoms with Gasteiger partial charge in [-0.25, -0.2) is 5.43 Å². The Morgan fingerprint density at radius 2 is 1.79 bits per heavy atom. The number of nitrogens with zero attached hydrogens (tertiary/aromatic N) is 1. The fourth-order valence-corrected chi connectivity index (χ4v) is 6.07. The second-order valence-electron chi connectivity index (χ2n) is 8.89. The SMILES string of the molecule is COc1cc(/C=N\NC(=O)CC23CC4CC(CC(C4)C2)C3)ccc1OC(C)=O. The molecule has 1 aromatic rings. The third kappa shape index (κ3) is 4.05. The van der Waals surface area contributed by atoms with Crippen LogP contribution in [0.4, 0.5) is 0 Å². The lowest BCUT2D eigenvalue weighted by atomic mass is 9.49. The maximum atomic E-state index is 12.5. The third-order valence-electron chi connectivity index (χ3n) is 6.54. The summed E-state index contributed by atoms with van der Waals surface area (Å²) in [4.78, 5) is 23.6. The van der Waals surface area contributed by atoms with Gasteiger partial charge in [0.25, 0.3) is 0 Å². The molecule has 4 aliphatic rings. The van der Waals surface area contributed by atoms with E-state index in [0.717, 1.165) is 23.3 Å². The average Bonchev–Trinajstić information content (AvgIpc) is 2.60. The molecule has 0 aromatic heterocycles. The molecule has 1 amide bonds. The highest BCUT2D eigenvalue weighted by molar-refractivity contribution is 5.83. The molecule has 0 unspecified atom stereocenters. The van der Waals surface area contributed by atoms with Crippen LogP contribution in [0.5, 0.6) is 11.5 Å². The van der Waals surface area contributed by atoms with Crippen molar-refractivity contribution in [3.8, 4) is 11.5 Å². The van der Waals surface area contributed by atoms with Gasteiger partial charge in [0.1, 0.15) is 0 Å². The molecule has 6 nitrogen and oxygen atoms in total. The summed E-state index contributed by atoms with van der Waals surface area (Å²) in [6.07, 6.45) is 9.94. The largest absolute Gasteiger partial charge is 0.493 e. The maximum absolute atomic E-state index is 12.5. The third-order valence-corrected chi connectivity index (χ3v) is 6.54. The van der Waals surface area contributed by atoms with E-state index in [0.29, 0.717) is 17.9 Å². The average molecular weight is 384 g/mol. The molecule has 28 heavy (non-hydrogen) atoms. The lowest BCUT2D eigenvalue weighted by Gasteiger charge is -2.56. The van der Waals surface area contributed by atoms with Crippen molar-refractivity contribution >= 4 is 18.1 Å². The van der Waals surface area contributed by atoms with E-state index in [1.54, 1.807) is 24.4 Å². The number of hydrogen-bond acceptors (Lipinski definition) is 5. The maximum Gasteiger partial charge on any atom is 0.308 e. The van der Waals surface area contributed by atoms with Gasteiger partial charge in [-0.2, -0.15) is 5.10 Å². The van der Waals surface area contributed by atoms with Crippen molar-refractivity contribution in [2.75, 3.05) is 7.11 Å². The van der Waals surface area contributed by atoms with Crippen LogP contribution < -0.4 is 14.9 Å². The second kappa shape index (κ2) is 7.57. The molecule has 4 fully saturated rings. The quantitative estimate of drug-likeness (QED) is 0.351. The zero-order valence-corrected chi connectivity index (χ0v) is 16.6. The highest BCUT2D eigenvalue weighted by Crippen LogP contribution is 2.61. The number of amides is 1. The molecule has 1 aromatic carbocycles. The topological polar surface area (TPSA) is 77.0 Å². The summed E-state index contributed by atoms with van der Waals surface area (Å²) in [5, 5.41) is 4.12. The highest BCUT2D eigenvalue weighted by atomic mass is 16.6. The number of benzene rings is 1. The molecular formula is C22H28N2O4. The van der Waals surface area contributed by atoms with Gasteiger partial charge < -0.3 is 9.47 Å². The van der Waals surface area contributed by atoms with Crippen LogP contribution in [0.3, 0.4) is 0 Å². The van der Waals surface area contributed by atoms with Crippen molar-refractivity contribution in [3.05, 3.63) is 23.8 Å². The van der Waals surface area contributed by atoms with Crippen molar-refractivity contribution in [1.29, 1.82) is 0 Å². The molecule has 0 atom stereocenters. The van der Waals surface area contributed by atoms with E-state index in [9.17, 15) is 9.59 Å². The van der Waals surface area contributed by atoms with E-state index in [1.807, 2.05) is 0 Å². The summed E-state index contributed by atoms with van der Waals surface area (Å²) in [5.41, 5.74) is 3.66. The second-order valence-corrected chi connectivity index (χ2v) is 8.89. The zero-order chi connectivity index (χ0) is 19.7. The van der Waals surface area contributed by atoms with Crippen LogP contribution in [0.1, 0.15) is 57.4 Å². The lowest BCUT2D eigenvalue weighted by molar-refractivity contribution is -0.132. The van der Waals surface area contributed by atoms with Gasteiger partial charge in [-0.3, -0.25) is 9.59 Å². The predicted molar refractivity (Wildman–Crippen MR) is 105 cm³/mol. The zero-order valence-electron chi connectivity index (χ0n) is 16.6. The van der Waals surface area contributed by atoms with Gasteiger partial charge in [0, 0.05) is 13.3 Å². The predicted octanol–water partition coefficient (Wildman–Crippen LogP) is 3.68. The smallest absolute Gasteiger partial charge is 0.308 e. The fraction of sp³-hybridized carbons (Fsp3) is 0.591. The van der Waals surface area contributed by atoms with Gasteiger partial charge in [0.2, 0.25) is 5.91 Å². The Kier molecular flexibility index (Phi) is 5.13. The number of rotatable bonds is 6. The van der Waals surface area contributed by atoms with E-state index < -0.39 is 5.97 Å². The summed E-state index contributed by atoms with van der Waals surface area (Å²) in [6.45, 7) is 1.34. The lowest BCUT2D eigenvalue weighted by Crippen LogP contribution is -2.47. The Hall–Kier alpha value is -2.37. The van der Waals surface area contributed by atoms with E-state index in [-0.39, 0.29) is 11.3 Å². The van der Waals surface area contributed by atoms with E-state index in [2.05, 4.69) is 10.5 Å². The van der Waals surface area contributed by atoms with E-state index >= 15 is 0 Å². The van der Waals surface area contributed by atoms with E-state index in [1.165, 1.54) is 52.6 Å². The first-order valence-corrected chi connectivity index (χ1v) is 10.1. The number of hydrazone groups is 1. The highest BCUT2D eigenvalue weighted by Gasteiger charge is 2.51. The summed E-state index contributed by atoms with van der Waals surface area (Å²) in [5.74, 6) is 2.91. The Morgan fingerprint density at radius 1 is 1.14 bits per heavy atom. The summed E-state index contributed by atoms with van der Waals surface area (Å²) >= 11 is 0. The Bertz CT molecular complexity index is 766. The number of carbonyl (C=O) groups is 2. The number of methoxy groups -OCH3 is 1. The van der Waals surface area contributed by atoms with Gasteiger partial charge >= 0.3 is 5.97 Å². The van der Waals surface area contributed by atoms with Crippen molar-refractivity contribution in [2.45, 2.75) is 51.9 Å². The molecule has 0 aliphatic heterocycles. The van der Waals surface area contributed by atoms with Crippen LogP contribution in [0.2, 0.25) is 0 Å². The van der Waals surface area contributed by atoms with Crippen LogP contribution in [0, 0.1) is 23.2 Å². The van der Waals surface area contributed by atoms with Crippen LogP contribution in [0.15, 0.2) is 23.3 Å². The van der Waals surface area contributed by atoms with Crippen LogP contribution in [-0.2, 0) is 9.59 Å². The molecule has 150 valence electrons. The van der Waals surface area contributed by atoms with Crippen molar-refractivity contribution in [3.63, 3.8) is 0 Å². The molecular weight excluding hydrogens is 356 g/mol. The van der Waals surface area contributed by atoms with Gasteiger partial charge in [-0.1, -0.05) is 0 Å². The first kappa shape index (κ1) is 19.0. The molecule has 0 radical (unpaired) electrons. The molecule has 0 spiro atoms. The first-order chi connectivity index (χ1) is 13.4. The Labute approximate surface area is 165 Å². The number of esters is 1. The number of carbonyl (C=O) groups excluding carboxylic acids is 2. The number of ether oxygens (including phenoxy) is 2. The number of nitrogens with one attached hydrogen (secondary N) is 1. The Balaban J connectivity index is 1.35. The van der Waals surface area contributed by atoms with Gasteiger partial charge in [-0.15, -0.1) is 0 Å². The van der Waals surface area contributed by atoms with Gasteiger partial charge in [-0.05, 0) is 85.5 Å². The molecule has 1 N–H and O–H groups in total.